The molecule has 2 nitrogen and oxygen atoms in total. The molecule has 0 amide bonds. The Morgan fingerprint density at radius 3 is 3.33 bits per heavy atom. The summed E-state index contributed by atoms with van der Waals surface area (Å²) in [5.41, 5.74) is 0. The van der Waals surface area contributed by atoms with E-state index in [0.29, 0.717) is 17.5 Å². The lowest BCUT2D eigenvalue weighted by Gasteiger charge is -2.22. The molecule has 0 aliphatic carbocycles. The molecule has 2 heterocycles. The normalized spacial score (nSPS) is 30.9. The number of ether oxygens (including phenoxy) is 1. The zero-order valence-electron chi connectivity index (χ0n) is 8.34. The molecule has 66 valence electrons. The smallest absolute Gasteiger partial charge is 0.104 e. The third-order valence-electron chi connectivity index (χ3n) is 1.60. The van der Waals surface area contributed by atoms with E-state index in [-0.39, 0.29) is 0 Å². The second-order valence-corrected chi connectivity index (χ2v) is 4.21. The Morgan fingerprint density at radius 2 is 2.67 bits per heavy atom. The van der Waals surface area contributed by atoms with E-state index in [1.54, 1.807) is 6.07 Å². The quantitative estimate of drug-likeness (QED) is 0.758. The summed E-state index contributed by atoms with van der Waals surface area (Å²) in [5.74, 6) is 0. The average Bonchev–Trinajstić information content (AvgIpc) is 2.51. The zero-order chi connectivity index (χ0) is 10.2. The van der Waals surface area contributed by atoms with Crippen LogP contribution in [-0.2, 0) is 4.74 Å². The molecule has 1 unspecified atom stereocenters. The van der Waals surface area contributed by atoms with Crippen molar-refractivity contribution in [3.8, 4) is 0 Å². The maximum atomic E-state index is 7.72. The molecule has 1 N–H and O–H groups in total. The van der Waals surface area contributed by atoms with E-state index in [0.717, 1.165) is 4.88 Å². The molecule has 0 aromatic carbocycles. The lowest BCUT2D eigenvalue weighted by atomic mass is 10.2. The molecule has 12 heavy (non-hydrogen) atoms. The van der Waals surface area contributed by atoms with Gasteiger partial charge in [-0.1, -0.05) is 11.6 Å². The van der Waals surface area contributed by atoms with Crippen molar-refractivity contribution in [2.24, 2.45) is 0 Å². The van der Waals surface area contributed by atoms with Gasteiger partial charge in [0.15, 0.2) is 0 Å². The third kappa shape index (κ3) is 1.80. The Bertz CT molecular complexity index is 331. The van der Waals surface area contributed by atoms with Gasteiger partial charge >= 0.3 is 0 Å². The van der Waals surface area contributed by atoms with Crippen molar-refractivity contribution in [1.82, 2.24) is 5.32 Å². The van der Waals surface area contributed by atoms with E-state index in [1.165, 1.54) is 11.3 Å². The van der Waals surface area contributed by atoms with E-state index in [9.17, 15) is 0 Å². The van der Waals surface area contributed by atoms with Gasteiger partial charge in [-0.25, -0.2) is 0 Å². The van der Waals surface area contributed by atoms with Gasteiger partial charge in [0.1, 0.15) is 6.10 Å². The van der Waals surface area contributed by atoms with Crippen LogP contribution in [0.3, 0.4) is 0 Å². The van der Waals surface area contributed by atoms with Crippen molar-refractivity contribution in [3.05, 3.63) is 21.3 Å². The molecule has 0 radical (unpaired) electrons. The molecule has 4 heteroatoms. The van der Waals surface area contributed by atoms with Crippen LogP contribution in [0.25, 0.3) is 0 Å². The summed E-state index contributed by atoms with van der Waals surface area (Å²) in [6, 6.07) is 3.57. The molecule has 1 fully saturated rings. The zero-order valence-corrected chi connectivity index (χ0v) is 7.91. The fourth-order valence-corrected chi connectivity index (χ4v) is 2.12. The Morgan fingerprint density at radius 1 is 1.75 bits per heavy atom. The van der Waals surface area contributed by atoms with E-state index in [4.69, 9.17) is 19.1 Å². The van der Waals surface area contributed by atoms with E-state index in [2.05, 4.69) is 5.32 Å². The van der Waals surface area contributed by atoms with Gasteiger partial charge in [-0.3, -0.25) is 0 Å². The Labute approximate surface area is 83.3 Å². The van der Waals surface area contributed by atoms with Crippen LogP contribution in [0.1, 0.15) is 13.7 Å². The topological polar surface area (TPSA) is 21.3 Å². The highest BCUT2D eigenvalue weighted by molar-refractivity contribution is 7.16. The summed E-state index contributed by atoms with van der Waals surface area (Å²) < 4.78 is 21.5. The number of halogens is 1. The van der Waals surface area contributed by atoms with Crippen LogP contribution in [0.2, 0.25) is 4.34 Å². The third-order valence-corrected chi connectivity index (χ3v) is 2.87. The molecule has 1 saturated heterocycles. The van der Waals surface area contributed by atoms with Gasteiger partial charge < -0.3 is 10.1 Å². The number of thiophene rings is 1. The van der Waals surface area contributed by atoms with Gasteiger partial charge in [0.25, 0.3) is 0 Å². The molecule has 0 bridgehead atoms. The largest absolute Gasteiger partial charge is 0.370 e. The van der Waals surface area contributed by atoms with Gasteiger partial charge in [0.05, 0.1) is 10.9 Å². The van der Waals surface area contributed by atoms with Crippen LogP contribution >= 0.6 is 22.9 Å². The minimum absolute atomic E-state index is 0.527. The first-order valence-electron chi connectivity index (χ1n) is 4.71. The fraction of sp³-hybridized carbons (Fsp3) is 0.500. The number of hydrogen-bond acceptors (Lipinski definition) is 3. The van der Waals surface area contributed by atoms with Gasteiger partial charge in [0, 0.05) is 20.7 Å². The molecular formula is C8H10ClNOS. The van der Waals surface area contributed by atoms with Crippen LogP contribution in [0.5, 0.6) is 0 Å². The molecule has 1 aromatic rings. The molecular weight excluding hydrogens is 194 g/mol. The Balaban J connectivity index is 2.23. The van der Waals surface area contributed by atoms with Crippen LogP contribution < -0.4 is 5.32 Å². The SMILES string of the molecule is [2H]C1([2H])NCCOC1c1ccc(Cl)s1. The number of nitrogens with one attached hydrogen (secondary N) is 1. The molecule has 1 aliphatic heterocycles. The molecule has 1 atom stereocenters. The molecule has 0 spiro atoms. The maximum absolute atomic E-state index is 7.72. The van der Waals surface area contributed by atoms with Crippen molar-refractivity contribution in [3.63, 3.8) is 0 Å². The lowest BCUT2D eigenvalue weighted by molar-refractivity contribution is 0.0299. The first kappa shape index (κ1) is 6.38. The van der Waals surface area contributed by atoms with Crippen molar-refractivity contribution in [2.45, 2.75) is 6.10 Å². The first-order valence-corrected chi connectivity index (χ1v) is 4.91. The molecule has 1 aromatic heterocycles. The minimum Gasteiger partial charge on any atom is -0.370 e. The standard InChI is InChI=1S/C8H10ClNOS/c9-8-2-1-7(12-8)6-5-10-3-4-11-6/h1-2,6,10H,3-5H2/i5D2. The minimum atomic E-state index is -1.51. The predicted octanol–water partition coefficient (Wildman–Crippen LogP) is 2.06. The van der Waals surface area contributed by atoms with Crippen molar-refractivity contribution in [2.75, 3.05) is 19.6 Å². The summed E-state index contributed by atoms with van der Waals surface area (Å²) in [7, 11) is 0. The summed E-state index contributed by atoms with van der Waals surface area (Å²) in [6.45, 7) is -0.436. The molecule has 0 saturated carbocycles. The van der Waals surface area contributed by atoms with Crippen molar-refractivity contribution >= 4 is 22.9 Å². The highest BCUT2D eigenvalue weighted by Crippen LogP contribution is 2.29. The van der Waals surface area contributed by atoms with Crippen molar-refractivity contribution < 1.29 is 7.48 Å². The Kier molecular flexibility index (Phi) is 1.99. The molecule has 1 aliphatic rings. The highest BCUT2D eigenvalue weighted by atomic mass is 35.5. The first-order chi connectivity index (χ1) is 6.59. The average molecular weight is 206 g/mol. The fourth-order valence-electron chi connectivity index (χ4n) is 1.06. The second-order valence-electron chi connectivity index (χ2n) is 2.46. The Hall–Kier alpha value is -0.0900. The van der Waals surface area contributed by atoms with Gasteiger partial charge in [-0.2, -0.15) is 0 Å². The number of hydrogen-bond donors (Lipinski definition) is 1. The van der Waals surface area contributed by atoms with E-state index in [1.807, 2.05) is 6.07 Å². The van der Waals surface area contributed by atoms with Gasteiger partial charge in [-0.15, -0.1) is 11.3 Å². The van der Waals surface area contributed by atoms with Crippen molar-refractivity contribution in [1.29, 1.82) is 0 Å². The predicted molar refractivity (Wildman–Crippen MR) is 50.9 cm³/mol. The monoisotopic (exact) mass is 205 g/mol. The van der Waals surface area contributed by atoms with E-state index < -0.39 is 12.6 Å². The van der Waals surface area contributed by atoms with Gasteiger partial charge in [-0.05, 0) is 12.1 Å². The maximum Gasteiger partial charge on any atom is 0.104 e. The van der Waals surface area contributed by atoms with E-state index >= 15 is 0 Å². The summed E-state index contributed by atoms with van der Waals surface area (Å²) in [6.07, 6.45) is -0.547. The summed E-state index contributed by atoms with van der Waals surface area (Å²) in [4.78, 5) is 0.826. The van der Waals surface area contributed by atoms with Crippen LogP contribution in [0.4, 0.5) is 0 Å². The second kappa shape index (κ2) is 3.75. The number of morpholine rings is 1. The summed E-state index contributed by atoms with van der Waals surface area (Å²) in [5, 5.41) is 2.79. The van der Waals surface area contributed by atoms with Crippen LogP contribution in [0.15, 0.2) is 12.1 Å². The summed E-state index contributed by atoms with van der Waals surface area (Å²) >= 11 is 7.15. The van der Waals surface area contributed by atoms with Crippen LogP contribution in [0, 0.1) is 0 Å². The highest BCUT2D eigenvalue weighted by Gasteiger charge is 2.16. The van der Waals surface area contributed by atoms with Gasteiger partial charge in [0.2, 0.25) is 0 Å². The number of rotatable bonds is 1. The lowest BCUT2D eigenvalue weighted by Crippen LogP contribution is -2.32. The molecule has 2 rings (SSSR count). The van der Waals surface area contributed by atoms with Crippen LogP contribution in [-0.4, -0.2) is 19.6 Å².